The Bertz CT molecular complexity index is 431. The van der Waals surface area contributed by atoms with Crippen LogP contribution in [0.4, 0.5) is 10.5 Å². The largest absolute Gasteiger partial charge is 0.480 e. The number of para-hydroxylation sites is 1. The van der Waals surface area contributed by atoms with Crippen molar-refractivity contribution in [3.05, 3.63) is 28.2 Å². The molecule has 0 fully saturated rings. The van der Waals surface area contributed by atoms with Crippen LogP contribution in [0.3, 0.4) is 0 Å². The summed E-state index contributed by atoms with van der Waals surface area (Å²) in [6.45, 7) is -0.409. The van der Waals surface area contributed by atoms with E-state index in [4.69, 9.17) is 28.3 Å². The van der Waals surface area contributed by atoms with E-state index in [2.05, 4.69) is 5.32 Å². The third kappa shape index (κ3) is 3.80. The third-order valence-corrected chi connectivity index (χ3v) is 2.54. The van der Waals surface area contributed by atoms with E-state index in [1.807, 2.05) is 0 Å². The fourth-order valence-electron chi connectivity index (χ4n) is 1.09. The average molecular weight is 277 g/mol. The third-order valence-electron chi connectivity index (χ3n) is 1.91. The lowest BCUT2D eigenvalue weighted by molar-refractivity contribution is -0.137. The van der Waals surface area contributed by atoms with Gasteiger partial charge in [-0.25, -0.2) is 4.79 Å². The summed E-state index contributed by atoms with van der Waals surface area (Å²) in [5, 5.41) is 11.6. The summed E-state index contributed by atoms with van der Waals surface area (Å²) in [5.41, 5.74) is 0.262. The first-order valence-corrected chi connectivity index (χ1v) is 5.35. The topological polar surface area (TPSA) is 69.6 Å². The number of carboxylic acid groups (broad SMARTS) is 1. The molecule has 1 aromatic carbocycles. The van der Waals surface area contributed by atoms with E-state index >= 15 is 0 Å². The van der Waals surface area contributed by atoms with Gasteiger partial charge >= 0.3 is 12.0 Å². The summed E-state index contributed by atoms with van der Waals surface area (Å²) in [7, 11) is 1.36. The van der Waals surface area contributed by atoms with Gasteiger partial charge in [-0.1, -0.05) is 29.3 Å². The van der Waals surface area contributed by atoms with Crippen molar-refractivity contribution in [2.75, 3.05) is 18.9 Å². The Hall–Kier alpha value is -1.46. The van der Waals surface area contributed by atoms with Crippen LogP contribution in [-0.4, -0.2) is 35.6 Å². The normalized spacial score (nSPS) is 9.82. The molecule has 0 saturated carbocycles. The predicted octanol–water partition coefficient (Wildman–Crippen LogP) is 2.54. The maximum Gasteiger partial charge on any atom is 0.323 e. The molecule has 1 aromatic rings. The molecule has 5 nitrogen and oxygen atoms in total. The number of nitrogens with zero attached hydrogens (tertiary/aromatic N) is 1. The van der Waals surface area contributed by atoms with E-state index in [-0.39, 0.29) is 15.7 Å². The van der Waals surface area contributed by atoms with Crippen LogP contribution in [0.15, 0.2) is 18.2 Å². The monoisotopic (exact) mass is 276 g/mol. The molecular weight excluding hydrogens is 267 g/mol. The summed E-state index contributed by atoms with van der Waals surface area (Å²) in [6, 6.07) is 4.18. The number of carboxylic acids is 1. The standard InChI is InChI=1S/C10H10Cl2N2O3/c1-14(5-8(15)16)10(17)13-9-6(11)3-2-4-7(9)12/h2-4H,5H2,1H3,(H,13,17)(H,15,16). The van der Waals surface area contributed by atoms with Crippen LogP contribution < -0.4 is 5.32 Å². The molecule has 0 unspecified atom stereocenters. The Balaban J connectivity index is 2.78. The van der Waals surface area contributed by atoms with Crippen LogP contribution in [0.2, 0.25) is 10.0 Å². The minimum atomic E-state index is -1.10. The molecular formula is C10H10Cl2N2O3. The lowest BCUT2D eigenvalue weighted by atomic mass is 10.3. The molecule has 0 bridgehead atoms. The van der Waals surface area contributed by atoms with Crippen LogP contribution in [-0.2, 0) is 4.79 Å². The van der Waals surface area contributed by atoms with Gasteiger partial charge in [0.25, 0.3) is 0 Å². The van der Waals surface area contributed by atoms with Crippen LogP contribution in [0.1, 0.15) is 0 Å². The number of urea groups is 1. The zero-order valence-electron chi connectivity index (χ0n) is 8.91. The minimum Gasteiger partial charge on any atom is -0.480 e. The smallest absolute Gasteiger partial charge is 0.323 e. The quantitative estimate of drug-likeness (QED) is 0.891. The molecule has 2 amide bonds. The van der Waals surface area contributed by atoms with Crippen LogP contribution >= 0.6 is 23.2 Å². The van der Waals surface area contributed by atoms with Gasteiger partial charge in [-0.2, -0.15) is 0 Å². The number of benzene rings is 1. The number of nitrogens with one attached hydrogen (secondary N) is 1. The Morgan fingerprint density at radius 1 is 1.35 bits per heavy atom. The van der Waals surface area contributed by atoms with Gasteiger partial charge in [-0.05, 0) is 12.1 Å². The molecule has 17 heavy (non-hydrogen) atoms. The Labute approximate surface area is 108 Å². The Morgan fingerprint density at radius 2 is 1.88 bits per heavy atom. The lowest BCUT2D eigenvalue weighted by Crippen LogP contribution is -2.35. The number of rotatable bonds is 3. The summed E-state index contributed by atoms with van der Waals surface area (Å²) < 4.78 is 0. The van der Waals surface area contributed by atoms with E-state index in [1.54, 1.807) is 18.2 Å². The number of likely N-dealkylation sites (N-methyl/N-ethyl adjacent to an activating group) is 1. The van der Waals surface area contributed by atoms with Crippen molar-refractivity contribution in [1.29, 1.82) is 0 Å². The van der Waals surface area contributed by atoms with Crippen LogP contribution in [0.5, 0.6) is 0 Å². The van der Waals surface area contributed by atoms with Crippen molar-refractivity contribution in [2.45, 2.75) is 0 Å². The van der Waals surface area contributed by atoms with E-state index in [0.717, 1.165) is 4.90 Å². The molecule has 0 aliphatic rings. The fourth-order valence-corrected chi connectivity index (χ4v) is 1.59. The second-order valence-electron chi connectivity index (χ2n) is 3.28. The van der Waals surface area contributed by atoms with E-state index in [0.29, 0.717) is 0 Å². The highest BCUT2D eigenvalue weighted by Gasteiger charge is 2.14. The van der Waals surface area contributed by atoms with Crippen molar-refractivity contribution in [3.63, 3.8) is 0 Å². The highest BCUT2D eigenvalue weighted by atomic mass is 35.5. The first kappa shape index (κ1) is 13.6. The molecule has 0 aliphatic heterocycles. The molecule has 7 heteroatoms. The average Bonchev–Trinajstić information content (AvgIpc) is 2.22. The predicted molar refractivity (Wildman–Crippen MR) is 65.7 cm³/mol. The van der Waals surface area contributed by atoms with Gasteiger partial charge in [0.2, 0.25) is 0 Å². The molecule has 0 heterocycles. The zero-order chi connectivity index (χ0) is 13.0. The number of carbonyl (C=O) groups is 2. The summed E-state index contributed by atoms with van der Waals surface area (Å²) in [6.07, 6.45) is 0. The number of carbonyl (C=O) groups excluding carboxylic acids is 1. The summed E-state index contributed by atoms with van der Waals surface area (Å²) >= 11 is 11.7. The van der Waals surface area contributed by atoms with Gasteiger partial charge in [0.05, 0.1) is 15.7 Å². The van der Waals surface area contributed by atoms with Gasteiger partial charge in [0.1, 0.15) is 6.54 Å². The maximum absolute atomic E-state index is 11.6. The first-order valence-electron chi connectivity index (χ1n) is 4.59. The number of halogens is 2. The van der Waals surface area contributed by atoms with Crippen molar-refractivity contribution in [2.24, 2.45) is 0 Å². The zero-order valence-corrected chi connectivity index (χ0v) is 10.4. The molecule has 0 aromatic heterocycles. The summed E-state index contributed by atoms with van der Waals surface area (Å²) in [5.74, 6) is -1.10. The number of hydrogen-bond donors (Lipinski definition) is 2. The van der Waals surface area contributed by atoms with Gasteiger partial charge < -0.3 is 15.3 Å². The van der Waals surface area contributed by atoms with Crippen molar-refractivity contribution in [1.82, 2.24) is 4.90 Å². The maximum atomic E-state index is 11.6. The number of hydrogen-bond acceptors (Lipinski definition) is 2. The highest BCUT2D eigenvalue weighted by molar-refractivity contribution is 6.39. The van der Waals surface area contributed by atoms with Crippen LogP contribution in [0.25, 0.3) is 0 Å². The van der Waals surface area contributed by atoms with Gasteiger partial charge in [0.15, 0.2) is 0 Å². The minimum absolute atomic E-state index is 0.262. The van der Waals surface area contributed by atoms with Crippen molar-refractivity contribution in [3.8, 4) is 0 Å². The van der Waals surface area contributed by atoms with E-state index in [9.17, 15) is 9.59 Å². The second-order valence-corrected chi connectivity index (χ2v) is 4.09. The molecule has 0 saturated heterocycles. The molecule has 2 N–H and O–H groups in total. The number of amides is 2. The Kier molecular flexibility index (Phi) is 4.60. The molecule has 1 rings (SSSR count). The van der Waals surface area contributed by atoms with E-state index in [1.165, 1.54) is 7.05 Å². The highest BCUT2D eigenvalue weighted by Crippen LogP contribution is 2.29. The number of anilines is 1. The van der Waals surface area contributed by atoms with E-state index < -0.39 is 18.5 Å². The van der Waals surface area contributed by atoms with Crippen LogP contribution in [0, 0.1) is 0 Å². The first-order chi connectivity index (χ1) is 7.91. The lowest BCUT2D eigenvalue weighted by Gasteiger charge is -2.16. The molecule has 0 spiro atoms. The second kappa shape index (κ2) is 5.75. The fraction of sp³-hybridized carbons (Fsp3) is 0.200. The van der Waals surface area contributed by atoms with Gasteiger partial charge in [0, 0.05) is 7.05 Å². The molecule has 0 aliphatic carbocycles. The van der Waals surface area contributed by atoms with Crippen molar-refractivity contribution < 1.29 is 14.7 Å². The molecule has 0 atom stereocenters. The Morgan fingerprint density at radius 3 is 2.35 bits per heavy atom. The van der Waals surface area contributed by atoms with Crippen molar-refractivity contribution >= 4 is 40.9 Å². The number of aliphatic carboxylic acids is 1. The van der Waals surface area contributed by atoms with Gasteiger partial charge in [-0.3, -0.25) is 4.79 Å². The molecule has 92 valence electrons. The summed E-state index contributed by atoms with van der Waals surface area (Å²) in [4.78, 5) is 23.0. The molecule has 0 radical (unpaired) electrons. The SMILES string of the molecule is CN(CC(=O)O)C(=O)Nc1c(Cl)cccc1Cl. The van der Waals surface area contributed by atoms with Gasteiger partial charge in [-0.15, -0.1) is 0 Å².